The third-order valence-electron chi connectivity index (χ3n) is 6.39. The Labute approximate surface area is 200 Å². The maximum atomic E-state index is 14.3. The zero-order valence-corrected chi connectivity index (χ0v) is 19.8. The second kappa shape index (κ2) is 8.78. The fraction of sp³-hybridized carbons (Fsp3) is 0.308. The van der Waals surface area contributed by atoms with Gasteiger partial charge in [-0.25, -0.2) is 14.4 Å². The van der Waals surface area contributed by atoms with Gasteiger partial charge in [-0.1, -0.05) is 40.2 Å². The summed E-state index contributed by atoms with van der Waals surface area (Å²) in [5.74, 6) is -0.299. The highest BCUT2D eigenvalue weighted by Gasteiger charge is 2.32. The highest BCUT2D eigenvalue weighted by molar-refractivity contribution is 9.10. The fourth-order valence-electron chi connectivity index (χ4n) is 4.41. The van der Waals surface area contributed by atoms with Crippen LogP contribution in [0.25, 0.3) is 0 Å². The lowest BCUT2D eigenvalue weighted by Gasteiger charge is -2.35. The van der Waals surface area contributed by atoms with E-state index in [9.17, 15) is 14.0 Å². The van der Waals surface area contributed by atoms with Gasteiger partial charge in [-0.3, -0.25) is 9.59 Å². The van der Waals surface area contributed by atoms with Crippen molar-refractivity contribution in [1.29, 1.82) is 0 Å². The summed E-state index contributed by atoms with van der Waals surface area (Å²) in [6, 6.07) is 14.1. The van der Waals surface area contributed by atoms with Gasteiger partial charge in [-0.05, 0) is 61.6 Å². The van der Waals surface area contributed by atoms with Crippen LogP contribution < -0.4 is 0 Å². The molecule has 7 heteroatoms. The van der Waals surface area contributed by atoms with Gasteiger partial charge in [0.15, 0.2) is 5.78 Å². The molecule has 2 aromatic carbocycles. The fourth-order valence-corrected chi connectivity index (χ4v) is 4.75. The summed E-state index contributed by atoms with van der Waals surface area (Å²) >= 11 is 3.21. The van der Waals surface area contributed by atoms with Gasteiger partial charge in [-0.15, -0.1) is 0 Å². The van der Waals surface area contributed by atoms with Crippen LogP contribution >= 0.6 is 15.9 Å². The van der Waals surface area contributed by atoms with E-state index in [1.807, 2.05) is 24.0 Å². The topological polar surface area (TPSA) is 63.2 Å². The lowest BCUT2D eigenvalue weighted by molar-refractivity contribution is 0.0670. The van der Waals surface area contributed by atoms with Crippen LogP contribution in [0.4, 0.5) is 4.39 Å². The average Bonchev–Trinajstić information content (AvgIpc) is 3.64. The molecule has 0 radical (unpaired) electrons. The molecular weight excluding hydrogens is 485 g/mol. The number of carbonyl (C=O) groups excluding carboxylic acids is 2. The van der Waals surface area contributed by atoms with Crippen LogP contribution in [0.3, 0.4) is 0 Å². The van der Waals surface area contributed by atoms with Gasteiger partial charge in [0, 0.05) is 16.9 Å². The molecule has 0 N–H and O–H groups in total. The van der Waals surface area contributed by atoms with Crippen LogP contribution in [-0.4, -0.2) is 33.1 Å². The van der Waals surface area contributed by atoms with Crippen LogP contribution in [0.2, 0.25) is 0 Å². The standard InChI is InChI=1S/C26H23BrFN3O2/c1-15-20-5-3-2-4-16(20)10-11-31(15)26(33)23-13-19(29-25(30-23)17-6-7-17)14-24(32)21-9-8-18(27)12-22(21)28/h2-5,8-9,12-13,15,17H,6-7,10-11,14H2,1H3/t15-/m1/s1. The molecule has 2 heterocycles. The number of rotatable bonds is 5. The largest absolute Gasteiger partial charge is 0.330 e. The van der Waals surface area contributed by atoms with E-state index in [0.29, 0.717) is 28.2 Å². The van der Waals surface area contributed by atoms with Crippen molar-refractivity contribution in [2.75, 3.05) is 6.54 Å². The highest BCUT2D eigenvalue weighted by Crippen LogP contribution is 2.38. The summed E-state index contributed by atoms with van der Waals surface area (Å²) in [5.41, 5.74) is 3.18. The van der Waals surface area contributed by atoms with Crippen molar-refractivity contribution in [1.82, 2.24) is 14.9 Å². The van der Waals surface area contributed by atoms with Gasteiger partial charge in [-0.2, -0.15) is 0 Å². The highest BCUT2D eigenvalue weighted by atomic mass is 79.9. The van der Waals surface area contributed by atoms with E-state index in [0.717, 1.165) is 24.8 Å². The molecule has 0 spiro atoms. The van der Waals surface area contributed by atoms with E-state index < -0.39 is 5.82 Å². The van der Waals surface area contributed by atoms with Gasteiger partial charge in [0.2, 0.25) is 0 Å². The Bertz CT molecular complexity index is 1260. The number of Topliss-reactive ketones (excluding diaryl/α,β-unsaturated/α-hetero) is 1. The maximum Gasteiger partial charge on any atom is 0.273 e. The zero-order chi connectivity index (χ0) is 23.1. The Morgan fingerprint density at radius 2 is 1.91 bits per heavy atom. The van der Waals surface area contributed by atoms with Gasteiger partial charge in [0.1, 0.15) is 17.3 Å². The van der Waals surface area contributed by atoms with Crippen LogP contribution in [0.5, 0.6) is 0 Å². The van der Waals surface area contributed by atoms with Crippen molar-refractivity contribution < 1.29 is 14.0 Å². The Morgan fingerprint density at radius 1 is 1.12 bits per heavy atom. The number of hydrogen-bond donors (Lipinski definition) is 0. The number of hydrogen-bond acceptors (Lipinski definition) is 4. The SMILES string of the molecule is C[C@@H]1c2ccccc2CCN1C(=O)c1cc(CC(=O)c2ccc(Br)cc2F)nc(C2CC2)n1. The lowest BCUT2D eigenvalue weighted by Crippen LogP contribution is -2.39. The van der Waals surface area contributed by atoms with E-state index in [1.54, 1.807) is 12.1 Å². The number of nitrogens with zero attached hydrogens (tertiary/aromatic N) is 3. The Hall–Kier alpha value is -2.93. The van der Waals surface area contributed by atoms with E-state index in [4.69, 9.17) is 0 Å². The summed E-state index contributed by atoms with van der Waals surface area (Å²) < 4.78 is 14.9. The van der Waals surface area contributed by atoms with Gasteiger partial charge in [0.25, 0.3) is 5.91 Å². The predicted octanol–water partition coefficient (Wildman–Crippen LogP) is 5.44. The number of halogens is 2. The molecule has 5 rings (SSSR count). The van der Waals surface area contributed by atoms with Crippen molar-refractivity contribution in [3.63, 3.8) is 0 Å². The third kappa shape index (κ3) is 4.47. The molecule has 0 unspecified atom stereocenters. The summed E-state index contributed by atoms with van der Waals surface area (Å²) in [4.78, 5) is 37.3. The van der Waals surface area contributed by atoms with E-state index in [1.165, 1.54) is 17.7 Å². The molecule has 2 aliphatic rings. The van der Waals surface area contributed by atoms with E-state index in [-0.39, 0.29) is 35.6 Å². The van der Waals surface area contributed by atoms with Crippen molar-refractivity contribution in [2.45, 2.75) is 44.6 Å². The number of benzene rings is 2. The number of carbonyl (C=O) groups is 2. The first-order chi connectivity index (χ1) is 15.9. The number of amides is 1. The van der Waals surface area contributed by atoms with Crippen molar-refractivity contribution in [3.8, 4) is 0 Å². The lowest BCUT2D eigenvalue weighted by atomic mass is 9.93. The molecule has 3 aromatic rings. The molecule has 1 aliphatic carbocycles. The quantitative estimate of drug-likeness (QED) is 0.431. The molecule has 0 saturated heterocycles. The summed E-state index contributed by atoms with van der Waals surface area (Å²) in [5, 5.41) is 0. The van der Waals surface area contributed by atoms with E-state index in [2.05, 4.69) is 38.0 Å². The van der Waals surface area contributed by atoms with Crippen molar-refractivity contribution in [2.24, 2.45) is 0 Å². The first-order valence-corrected chi connectivity index (χ1v) is 11.9. The molecule has 1 aliphatic heterocycles. The normalized spacial score (nSPS) is 17.5. The monoisotopic (exact) mass is 507 g/mol. The van der Waals surface area contributed by atoms with E-state index >= 15 is 0 Å². The zero-order valence-electron chi connectivity index (χ0n) is 18.2. The first kappa shape index (κ1) is 21.9. The Morgan fingerprint density at radius 3 is 2.67 bits per heavy atom. The molecular formula is C26H23BrFN3O2. The molecule has 1 saturated carbocycles. The molecule has 1 amide bonds. The summed E-state index contributed by atoms with van der Waals surface area (Å²) in [7, 11) is 0. The van der Waals surface area contributed by atoms with Gasteiger partial charge in [0.05, 0.1) is 23.7 Å². The minimum absolute atomic E-state index is 0.0129. The van der Waals surface area contributed by atoms with Crippen molar-refractivity contribution >= 4 is 27.6 Å². The predicted molar refractivity (Wildman–Crippen MR) is 126 cm³/mol. The van der Waals surface area contributed by atoms with Crippen molar-refractivity contribution in [3.05, 3.63) is 92.7 Å². The van der Waals surface area contributed by atoms with Gasteiger partial charge >= 0.3 is 0 Å². The minimum Gasteiger partial charge on any atom is -0.330 e. The maximum absolute atomic E-state index is 14.3. The Balaban J connectivity index is 1.44. The molecule has 33 heavy (non-hydrogen) atoms. The number of aromatic nitrogens is 2. The first-order valence-electron chi connectivity index (χ1n) is 11.2. The molecule has 1 fully saturated rings. The average molecular weight is 508 g/mol. The third-order valence-corrected chi connectivity index (χ3v) is 6.88. The molecule has 0 bridgehead atoms. The summed E-state index contributed by atoms with van der Waals surface area (Å²) in [6.07, 6.45) is 2.65. The minimum atomic E-state index is -0.581. The second-order valence-corrected chi connectivity index (χ2v) is 9.64. The molecule has 1 atom stereocenters. The molecule has 168 valence electrons. The van der Waals surface area contributed by atoms with Crippen LogP contribution in [0.1, 0.15) is 75.2 Å². The second-order valence-electron chi connectivity index (χ2n) is 8.72. The van der Waals surface area contributed by atoms with Gasteiger partial charge < -0.3 is 4.90 Å². The van der Waals surface area contributed by atoms with Crippen LogP contribution in [0, 0.1) is 5.82 Å². The van der Waals surface area contributed by atoms with Crippen LogP contribution in [0.15, 0.2) is 53.0 Å². The van der Waals surface area contributed by atoms with Crippen LogP contribution in [-0.2, 0) is 12.8 Å². The number of fused-ring (bicyclic) bond motifs is 1. The smallest absolute Gasteiger partial charge is 0.273 e. The Kier molecular flexibility index (Phi) is 5.83. The summed E-state index contributed by atoms with van der Waals surface area (Å²) in [6.45, 7) is 2.64. The molecule has 1 aromatic heterocycles. The molecule has 5 nitrogen and oxygen atoms in total. The number of ketones is 1.